The van der Waals surface area contributed by atoms with Crippen LogP contribution in [0.2, 0.25) is 0 Å². The third-order valence-electron chi connectivity index (χ3n) is 3.58. The van der Waals surface area contributed by atoms with E-state index in [1.54, 1.807) is 12.1 Å². The molecule has 7 heteroatoms. The van der Waals surface area contributed by atoms with Crippen molar-refractivity contribution in [3.05, 3.63) is 60.8 Å². The van der Waals surface area contributed by atoms with Gasteiger partial charge in [0.25, 0.3) is 11.5 Å². The van der Waals surface area contributed by atoms with E-state index < -0.39 is 17.2 Å². The lowest BCUT2D eigenvalue weighted by molar-refractivity contribution is 0.102. The Morgan fingerprint density at radius 1 is 1.30 bits per heavy atom. The normalized spacial score (nSPS) is 10.6. The van der Waals surface area contributed by atoms with Gasteiger partial charge in [-0.2, -0.15) is 0 Å². The van der Waals surface area contributed by atoms with Gasteiger partial charge in [-0.15, -0.1) is 0 Å². The van der Waals surface area contributed by atoms with Gasteiger partial charge in [-0.05, 0) is 31.0 Å². The SMILES string of the molecule is CCCn1cc(C(=O)Nc2cccc(Br)c2C)c(=O)n(C)c1=O. The zero-order valence-electron chi connectivity index (χ0n) is 13.2. The van der Waals surface area contributed by atoms with Gasteiger partial charge < -0.3 is 5.32 Å². The Kier molecular flexibility index (Phi) is 5.20. The van der Waals surface area contributed by atoms with Crippen molar-refractivity contribution in [2.75, 3.05) is 5.32 Å². The van der Waals surface area contributed by atoms with Crippen molar-refractivity contribution in [3.8, 4) is 0 Å². The Morgan fingerprint density at radius 2 is 2.00 bits per heavy atom. The standard InChI is InChI=1S/C16H18BrN3O3/c1-4-8-20-9-11(15(22)19(3)16(20)23)14(21)18-13-7-5-6-12(17)10(13)2/h5-7,9H,4,8H2,1-3H3,(H,18,21). The van der Waals surface area contributed by atoms with Crippen LogP contribution in [0.25, 0.3) is 0 Å². The van der Waals surface area contributed by atoms with E-state index in [1.807, 2.05) is 19.9 Å². The van der Waals surface area contributed by atoms with Crippen molar-refractivity contribution < 1.29 is 4.79 Å². The van der Waals surface area contributed by atoms with Crippen LogP contribution in [0.4, 0.5) is 5.69 Å². The molecule has 0 aliphatic heterocycles. The van der Waals surface area contributed by atoms with Gasteiger partial charge in [0.1, 0.15) is 5.56 Å². The summed E-state index contributed by atoms with van der Waals surface area (Å²) in [5, 5.41) is 2.73. The summed E-state index contributed by atoms with van der Waals surface area (Å²) in [5.41, 5.74) is 0.388. The van der Waals surface area contributed by atoms with Gasteiger partial charge in [0.05, 0.1) is 0 Å². The lowest BCUT2D eigenvalue weighted by atomic mass is 10.2. The molecule has 0 unspecified atom stereocenters. The Labute approximate surface area is 141 Å². The van der Waals surface area contributed by atoms with Crippen molar-refractivity contribution in [2.45, 2.75) is 26.8 Å². The van der Waals surface area contributed by atoms with E-state index in [9.17, 15) is 14.4 Å². The number of amides is 1. The molecule has 0 atom stereocenters. The summed E-state index contributed by atoms with van der Waals surface area (Å²) >= 11 is 3.40. The van der Waals surface area contributed by atoms with Crippen molar-refractivity contribution in [3.63, 3.8) is 0 Å². The van der Waals surface area contributed by atoms with Crippen LogP contribution < -0.4 is 16.6 Å². The molecule has 0 saturated heterocycles. The molecule has 1 aromatic carbocycles. The molecule has 1 N–H and O–H groups in total. The number of carbonyl (C=O) groups excluding carboxylic acids is 1. The first kappa shape index (κ1) is 17.2. The number of hydrogen-bond acceptors (Lipinski definition) is 3. The largest absolute Gasteiger partial charge is 0.330 e. The van der Waals surface area contributed by atoms with E-state index in [4.69, 9.17) is 0 Å². The molecule has 23 heavy (non-hydrogen) atoms. The number of rotatable bonds is 4. The monoisotopic (exact) mass is 379 g/mol. The van der Waals surface area contributed by atoms with Gasteiger partial charge in [0, 0.05) is 29.9 Å². The van der Waals surface area contributed by atoms with Crippen LogP contribution in [0.15, 0.2) is 38.5 Å². The van der Waals surface area contributed by atoms with Gasteiger partial charge in [-0.3, -0.25) is 18.7 Å². The Balaban J connectivity index is 2.45. The first-order chi connectivity index (χ1) is 10.9. The van der Waals surface area contributed by atoms with Gasteiger partial charge in [0.2, 0.25) is 0 Å². The molecule has 0 fully saturated rings. The molecule has 0 bridgehead atoms. The van der Waals surface area contributed by atoms with Gasteiger partial charge in [-0.25, -0.2) is 4.79 Å². The number of anilines is 1. The number of nitrogens with one attached hydrogen (secondary N) is 1. The quantitative estimate of drug-likeness (QED) is 0.885. The lowest BCUT2D eigenvalue weighted by Crippen LogP contribution is -2.41. The maximum Gasteiger partial charge on any atom is 0.330 e. The zero-order valence-corrected chi connectivity index (χ0v) is 14.8. The molecular weight excluding hydrogens is 362 g/mol. The Hall–Kier alpha value is -2.15. The van der Waals surface area contributed by atoms with Gasteiger partial charge >= 0.3 is 5.69 Å². The Morgan fingerprint density at radius 3 is 2.65 bits per heavy atom. The summed E-state index contributed by atoms with van der Waals surface area (Å²) in [6.45, 7) is 4.22. The molecule has 1 amide bonds. The maximum absolute atomic E-state index is 12.5. The minimum Gasteiger partial charge on any atom is -0.321 e. The summed E-state index contributed by atoms with van der Waals surface area (Å²) in [7, 11) is 1.37. The summed E-state index contributed by atoms with van der Waals surface area (Å²) in [6, 6.07) is 5.42. The first-order valence-corrected chi connectivity index (χ1v) is 8.03. The fourth-order valence-electron chi connectivity index (χ4n) is 2.22. The number of aromatic nitrogens is 2. The highest BCUT2D eigenvalue weighted by Crippen LogP contribution is 2.23. The molecule has 0 spiro atoms. The van der Waals surface area contributed by atoms with Crippen molar-refractivity contribution in [1.29, 1.82) is 0 Å². The number of carbonyl (C=O) groups is 1. The molecule has 6 nitrogen and oxygen atoms in total. The van der Waals surface area contributed by atoms with E-state index in [0.29, 0.717) is 12.2 Å². The van der Waals surface area contributed by atoms with Crippen molar-refractivity contribution >= 4 is 27.5 Å². The zero-order chi connectivity index (χ0) is 17.1. The third kappa shape index (κ3) is 3.44. The van der Waals surface area contributed by atoms with E-state index >= 15 is 0 Å². The fraction of sp³-hybridized carbons (Fsp3) is 0.312. The number of hydrogen-bond donors (Lipinski definition) is 1. The maximum atomic E-state index is 12.5. The summed E-state index contributed by atoms with van der Waals surface area (Å²) in [4.78, 5) is 36.7. The second-order valence-electron chi connectivity index (χ2n) is 5.25. The first-order valence-electron chi connectivity index (χ1n) is 7.23. The molecule has 0 aliphatic rings. The van der Waals surface area contributed by atoms with Crippen LogP contribution in [0.1, 0.15) is 29.3 Å². The Bertz CT molecular complexity index is 868. The second kappa shape index (κ2) is 6.95. The molecule has 1 aromatic heterocycles. The van der Waals surface area contributed by atoms with Crippen LogP contribution in [0.3, 0.4) is 0 Å². The highest BCUT2D eigenvalue weighted by molar-refractivity contribution is 9.10. The van der Waals surface area contributed by atoms with Crippen LogP contribution in [0.5, 0.6) is 0 Å². The van der Waals surface area contributed by atoms with E-state index in [-0.39, 0.29) is 5.56 Å². The predicted molar refractivity (Wildman–Crippen MR) is 93.1 cm³/mol. The van der Waals surface area contributed by atoms with Crippen LogP contribution in [-0.2, 0) is 13.6 Å². The van der Waals surface area contributed by atoms with E-state index in [2.05, 4.69) is 21.2 Å². The molecular formula is C16H18BrN3O3. The van der Waals surface area contributed by atoms with Crippen LogP contribution in [0, 0.1) is 6.92 Å². The smallest absolute Gasteiger partial charge is 0.321 e. The van der Waals surface area contributed by atoms with Crippen molar-refractivity contribution in [2.24, 2.45) is 7.05 Å². The molecule has 2 rings (SSSR count). The summed E-state index contributed by atoms with van der Waals surface area (Å²) in [5.74, 6) is -0.531. The number of nitrogens with zero attached hydrogens (tertiary/aromatic N) is 2. The molecule has 122 valence electrons. The third-order valence-corrected chi connectivity index (χ3v) is 4.44. The van der Waals surface area contributed by atoms with Gasteiger partial charge in [0.15, 0.2) is 0 Å². The van der Waals surface area contributed by atoms with E-state index in [0.717, 1.165) is 21.0 Å². The molecule has 1 heterocycles. The summed E-state index contributed by atoms with van der Waals surface area (Å²) < 4.78 is 3.20. The minimum atomic E-state index is -0.604. The van der Waals surface area contributed by atoms with E-state index in [1.165, 1.54) is 17.8 Å². The van der Waals surface area contributed by atoms with Gasteiger partial charge in [-0.1, -0.05) is 28.9 Å². The minimum absolute atomic E-state index is 0.0556. The van der Waals surface area contributed by atoms with Crippen molar-refractivity contribution in [1.82, 2.24) is 9.13 Å². The predicted octanol–water partition coefficient (Wildman–Crippen LogP) is 2.28. The topological polar surface area (TPSA) is 73.1 Å². The molecule has 0 aliphatic carbocycles. The molecule has 0 saturated carbocycles. The number of aryl methyl sites for hydroxylation is 1. The number of benzene rings is 1. The summed E-state index contributed by atoms with van der Waals surface area (Å²) in [6.07, 6.45) is 2.06. The average molecular weight is 380 g/mol. The van der Waals surface area contributed by atoms with Crippen LogP contribution >= 0.6 is 15.9 Å². The fourth-order valence-corrected chi connectivity index (χ4v) is 2.58. The highest BCUT2D eigenvalue weighted by Gasteiger charge is 2.16. The average Bonchev–Trinajstić information content (AvgIpc) is 2.52. The molecule has 0 radical (unpaired) electrons. The lowest BCUT2D eigenvalue weighted by Gasteiger charge is -2.12. The van der Waals surface area contributed by atoms with Crippen LogP contribution in [-0.4, -0.2) is 15.0 Å². The second-order valence-corrected chi connectivity index (χ2v) is 6.10. The highest BCUT2D eigenvalue weighted by atomic mass is 79.9. The number of halogens is 1. The molecule has 2 aromatic rings.